The SMILES string of the molecule is NCCCCCN1CCN(c2ccn3nccc3n2)CC1. The molecule has 1 aliphatic heterocycles. The Hall–Kier alpha value is -1.66. The van der Waals surface area contributed by atoms with Crippen molar-refractivity contribution in [2.75, 3.05) is 44.2 Å². The number of anilines is 1. The zero-order chi connectivity index (χ0) is 14.5. The summed E-state index contributed by atoms with van der Waals surface area (Å²) in [6.45, 7) is 6.35. The monoisotopic (exact) mass is 288 g/mol. The second-order valence-corrected chi connectivity index (χ2v) is 5.60. The first-order valence-corrected chi connectivity index (χ1v) is 7.84. The van der Waals surface area contributed by atoms with Gasteiger partial charge in [-0.05, 0) is 32.0 Å². The largest absolute Gasteiger partial charge is 0.354 e. The predicted molar refractivity (Wildman–Crippen MR) is 84.5 cm³/mol. The first kappa shape index (κ1) is 14.3. The molecule has 0 aromatic carbocycles. The summed E-state index contributed by atoms with van der Waals surface area (Å²) in [4.78, 5) is 9.57. The fourth-order valence-corrected chi connectivity index (χ4v) is 2.84. The molecule has 1 aliphatic rings. The number of aromatic nitrogens is 3. The van der Waals surface area contributed by atoms with E-state index in [0.29, 0.717) is 0 Å². The summed E-state index contributed by atoms with van der Waals surface area (Å²) < 4.78 is 1.80. The van der Waals surface area contributed by atoms with Gasteiger partial charge in [-0.15, -0.1) is 0 Å². The Kier molecular flexibility index (Phi) is 4.67. The van der Waals surface area contributed by atoms with Crippen molar-refractivity contribution < 1.29 is 0 Å². The number of piperazine rings is 1. The molecule has 114 valence electrons. The van der Waals surface area contributed by atoms with E-state index in [0.717, 1.165) is 50.6 Å². The predicted octanol–water partition coefficient (Wildman–Crippen LogP) is 0.980. The van der Waals surface area contributed by atoms with Crippen molar-refractivity contribution in [3.63, 3.8) is 0 Å². The standard InChI is InChI=1S/C15H24N6/c16-6-2-1-3-8-19-10-12-20(13-11-19)14-5-9-21-15(18-14)4-7-17-21/h4-5,7,9H,1-3,6,8,10-13,16H2. The molecule has 0 saturated carbocycles. The second kappa shape index (κ2) is 6.87. The van der Waals surface area contributed by atoms with E-state index in [2.05, 4.69) is 25.9 Å². The van der Waals surface area contributed by atoms with Crippen LogP contribution in [0.25, 0.3) is 5.65 Å². The summed E-state index contributed by atoms with van der Waals surface area (Å²) in [7, 11) is 0. The zero-order valence-electron chi connectivity index (χ0n) is 12.5. The van der Waals surface area contributed by atoms with Crippen LogP contribution in [0.2, 0.25) is 0 Å². The zero-order valence-corrected chi connectivity index (χ0v) is 12.5. The van der Waals surface area contributed by atoms with Gasteiger partial charge in [0.15, 0.2) is 5.65 Å². The molecule has 0 unspecified atom stereocenters. The minimum Gasteiger partial charge on any atom is -0.354 e. The fourth-order valence-electron chi connectivity index (χ4n) is 2.84. The quantitative estimate of drug-likeness (QED) is 0.803. The van der Waals surface area contributed by atoms with E-state index < -0.39 is 0 Å². The Morgan fingerprint density at radius 2 is 1.90 bits per heavy atom. The summed E-state index contributed by atoms with van der Waals surface area (Å²) in [6.07, 6.45) is 7.42. The third kappa shape index (κ3) is 3.51. The molecule has 6 heteroatoms. The Labute approximate surface area is 125 Å². The van der Waals surface area contributed by atoms with Crippen molar-refractivity contribution in [3.05, 3.63) is 24.5 Å². The average Bonchev–Trinajstić information content (AvgIpc) is 3.00. The maximum absolute atomic E-state index is 5.53. The van der Waals surface area contributed by atoms with E-state index in [1.165, 1.54) is 19.4 Å². The van der Waals surface area contributed by atoms with Crippen molar-refractivity contribution in [2.45, 2.75) is 19.3 Å². The molecule has 0 amide bonds. The molecule has 0 bridgehead atoms. The summed E-state index contributed by atoms with van der Waals surface area (Å²) in [5, 5.41) is 4.18. The van der Waals surface area contributed by atoms with Gasteiger partial charge in [-0.3, -0.25) is 4.90 Å². The van der Waals surface area contributed by atoms with Gasteiger partial charge in [-0.2, -0.15) is 5.10 Å². The fraction of sp³-hybridized carbons (Fsp3) is 0.600. The van der Waals surface area contributed by atoms with Crippen molar-refractivity contribution in [1.82, 2.24) is 19.5 Å². The van der Waals surface area contributed by atoms with Gasteiger partial charge in [-0.1, -0.05) is 6.42 Å². The maximum Gasteiger partial charge on any atom is 0.157 e. The van der Waals surface area contributed by atoms with Gasteiger partial charge >= 0.3 is 0 Å². The van der Waals surface area contributed by atoms with Crippen LogP contribution in [0, 0.1) is 0 Å². The van der Waals surface area contributed by atoms with Crippen molar-refractivity contribution in [3.8, 4) is 0 Å². The lowest BCUT2D eigenvalue weighted by atomic mass is 10.2. The molecule has 0 radical (unpaired) electrons. The molecule has 2 aromatic rings. The van der Waals surface area contributed by atoms with E-state index in [9.17, 15) is 0 Å². The number of fused-ring (bicyclic) bond motifs is 1. The Bertz CT molecular complexity index is 558. The Morgan fingerprint density at radius 1 is 1.05 bits per heavy atom. The molecule has 0 spiro atoms. The molecule has 2 N–H and O–H groups in total. The van der Waals surface area contributed by atoms with E-state index >= 15 is 0 Å². The van der Waals surface area contributed by atoms with E-state index in [4.69, 9.17) is 5.73 Å². The molecule has 0 aliphatic carbocycles. The smallest absolute Gasteiger partial charge is 0.157 e. The number of nitrogens with two attached hydrogens (primary N) is 1. The Morgan fingerprint density at radius 3 is 2.71 bits per heavy atom. The van der Waals surface area contributed by atoms with Crippen LogP contribution in [0.5, 0.6) is 0 Å². The normalized spacial score (nSPS) is 16.7. The highest BCUT2D eigenvalue weighted by molar-refractivity contribution is 5.47. The number of hydrogen-bond donors (Lipinski definition) is 1. The first-order chi connectivity index (χ1) is 10.4. The lowest BCUT2D eigenvalue weighted by Gasteiger charge is -2.35. The highest BCUT2D eigenvalue weighted by Gasteiger charge is 2.17. The number of hydrogen-bond acceptors (Lipinski definition) is 5. The topological polar surface area (TPSA) is 62.7 Å². The van der Waals surface area contributed by atoms with Gasteiger partial charge in [0.25, 0.3) is 0 Å². The molecule has 1 saturated heterocycles. The van der Waals surface area contributed by atoms with E-state index in [1.54, 1.807) is 10.7 Å². The van der Waals surface area contributed by atoms with Gasteiger partial charge in [0, 0.05) is 38.4 Å². The second-order valence-electron chi connectivity index (χ2n) is 5.60. The van der Waals surface area contributed by atoms with Crippen molar-refractivity contribution >= 4 is 11.5 Å². The van der Waals surface area contributed by atoms with Gasteiger partial charge < -0.3 is 10.6 Å². The van der Waals surface area contributed by atoms with Crippen LogP contribution < -0.4 is 10.6 Å². The van der Waals surface area contributed by atoms with Crippen LogP contribution in [-0.4, -0.2) is 58.8 Å². The van der Waals surface area contributed by atoms with E-state index in [-0.39, 0.29) is 0 Å². The Balaban J connectivity index is 1.50. The first-order valence-electron chi connectivity index (χ1n) is 7.84. The summed E-state index contributed by atoms with van der Waals surface area (Å²) in [6, 6.07) is 3.99. The lowest BCUT2D eigenvalue weighted by Crippen LogP contribution is -2.46. The van der Waals surface area contributed by atoms with Crippen LogP contribution in [0.3, 0.4) is 0 Å². The molecule has 1 fully saturated rings. The summed E-state index contributed by atoms with van der Waals surface area (Å²) in [5.74, 6) is 1.06. The van der Waals surface area contributed by atoms with Crippen LogP contribution >= 0.6 is 0 Å². The molecular weight excluding hydrogens is 264 g/mol. The number of nitrogens with zero attached hydrogens (tertiary/aromatic N) is 5. The van der Waals surface area contributed by atoms with Crippen LogP contribution in [-0.2, 0) is 0 Å². The molecule has 21 heavy (non-hydrogen) atoms. The van der Waals surface area contributed by atoms with Gasteiger partial charge in [0.05, 0.1) is 6.20 Å². The van der Waals surface area contributed by atoms with Crippen LogP contribution in [0.15, 0.2) is 24.5 Å². The maximum atomic E-state index is 5.53. The van der Waals surface area contributed by atoms with Crippen LogP contribution in [0.4, 0.5) is 5.82 Å². The highest BCUT2D eigenvalue weighted by Crippen LogP contribution is 2.15. The average molecular weight is 288 g/mol. The number of rotatable bonds is 6. The minimum absolute atomic E-state index is 0.816. The molecule has 3 rings (SSSR count). The highest BCUT2D eigenvalue weighted by atomic mass is 15.3. The lowest BCUT2D eigenvalue weighted by molar-refractivity contribution is 0.252. The molecule has 2 aromatic heterocycles. The minimum atomic E-state index is 0.816. The molecule has 6 nitrogen and oxygen atoms in total. The molecular formula is C15H24N6. The van der Waals surface area contributed by atoms with Gasteiger partial charge in [0.2, 0.25) is 0 Å². The van der Waals surface area contributed by atoms with Crippen molar-refractivity contribution in [1.29, 1.82) is 0 Å². The van der Waals surface area contributed by atoms with Crippen LogP contribution in [0.1, 0.15) is 19.3 Å². The molecule has 0 atom stereocenters. The summed E-state index contributed by atoms with van der Waals surface area (Å²) in [5.41, 5.74) is 6.44. The number of unbranched alkanes of at least 4 members (excludes halogenated alkanes) is 2. The third-order valence-corrected chi connectivity index (χ3v) is 4.12. The molecule has 3 heterocycles. The van der Waals surface area contributed by atoms with E-state index in [1.807, 2.05) is 12.3 Å². The summed E-state index contributed by atoms with van der Waals surface area (Å²) >= 11 is 0. The van der Waals surface area contributed by atoms with Gasteiger partial charge in [-0.25, -0.2) is 9.50 Å². The third-order valence-electron chi connectivity index (χ3n) is 4.12. The van der Waals surface area contributed by atoms with Gasteiger partial charge in [0.1, 0.15) is 5.82 Å². The van der Waals surface area contributed by atoms with Crippen molar-refractivity contribution in [2.24, 2.45) is 5.73 Å².